The zero-order chi connectivity index (χ0) is 12.6. The summed E-state index contributed by atoms with van der Waals surface area (Å²) in [6, 6.07) is -1.37. The normalized spacial score (nSPS) is 32.6. The van der Waals surface area contributed by atoms with Gasteiger partial charge in [-0.25, -0.2) is 4.79 Å². The number of carbonyl (C=O) groups is 3. The lowest BCUT2D eigenvalue weighted by Gasteiger charge is -2.27. The van der Waals surface area contributed by atoms with Crippen LogP contribution in [0.2, 0.25) is 0 Å². The minimum atomic E-state index is -0.993. The number of carboxylic acid groups (broad SMARTS) is 1. The third kappa shape index (κ3) is 2.37. The van der Waals surface area contributed by atoms with Gasteiger partial charge in [-0.3, -0.25) is 9.59 Å². The minimum absolute atomic E-state index is 0.161. The number of hydrogen-bond donors (Lipinski definition) is 2. The molecular formula is C9H12N2O4S2. The number of aliphatic carboxylic acids is 1. The van der Waals surface area contributed by atoms with E-state index in [4.69, 9.17) is 5.11 Å². The van der Waals surface area contributed by atoms with Gasteiger partial charge in [0.2, 0.25) is 5.91 Å². The van der Waals surface area contributed by atoms with Crippen LogP contribution in [0, 0.1) is 0 Å². The van der Waals surface area contributed by atoms with Crippen molar-refractivity contribution in [2.45, 2.75) is 24.4 Å². The molecule has 0 saturated carbocycles. The molecule has 0 aliphatic carbocycles. The number of nitrogens with zero attached hydrogens (tertiary/aromatic N) is 1. The quantitative estimate of drug-likeness (QED) is 0.748. The summed E-state index contributed by atoms with van der Waals surface area (Å²) < 4.78 is 0. The SMILES string of the molecule is CC1SCC(C(=O)O)N1C(=O)C1CSC(=O)N1. The van der Waals surface area contributed by atoms with E-state index in [0.717, 1.165) is 11.8 Å². The van der Waals surface area contributed by atoms with Gasteiger partial charge >= 0.3 is 5.97 Å². The van der Waals surface area contributed by atoms with Crippen molar-refractivity contribution in [1.82, 2.24) is 10.2 Å². The first-order chi connectivity index (χ1) is 8.00. The van der Waals surface area contributed by atoms with E-state index in [2.05, 4.69) is 5.32 Å². The second-order valence-electron chi connectivity index (χ2n) is 3.83. The minimum Gasteiger partial charge on any atom is -0.480 e. The van der Waals surface area contributed by atoms with Crippen molar-refractivity contribution < 1.29 is 19.5 Å². The van der Waals surface area contributed by atoms with Crippen LogP contribution in [-0.2, 0) is 9.59 Å². The third-order valence-electron chi connectivity index (χ3n) is 2.73. The Hall–Kier alpha value is -0.890. The summed E-state index contributed by atoms with van der Waals surface area (Å²) in [6.07, 6.45) is 0. The summed E-state index contributed by atoms with van der Waals surface area (Å²) in [5.74, 6) is -0.520. The third-order valence-corrected chi connectivity index (χ3v) is 4.83. The number of amides is 2. The first-order valence-electron chi connectivity index (χ1n) is 5.10. The summed E-state index contributed by atoms with van der Waals surface area (Å²) in [6.45, 7) is 1.80. The molecule has 94 valence electrons. The molecule has 0 aromatic carbocycles. The lowest BCUT2D eigenvalue weighted by Crippen LogP contribution is -2.52. The van der Waals surface area contributed by atoms with E-state index < -0.39 is 18.1 Å². The van der Waals surface area contributed by atoms with Crippen LogP contribution in [0.15, 0.2) is 0 Å². The highest BCUT2D eigenvalue weighted by atomic mass is 32.2. The van der Waals surface area contributed by atoms with Gasteiger partial charge in [0.25, 0.3) is 5.24 Å². The topological polar surface area (TPSA) is 86.7 Å². The Morgan fingerprint density at radius 3 is 2.71 bits per heavy atom. The average Bonchev–Trinajstić information content (AvgIpc) is 2.83. The molecule has 6 nitrogen and oxygen atoms in total. The first-order valence-corrected chi connectivity index (χ1v) is 7.14. The number of rotatable bonds is 2. The Labute approximate surface area is 106 Å². The molecule has 0 radical (unpaired) electrons. The summed E-state index contributed by atoms with van der Waals surface area (Å²) >= 11 is 2.49. The molecule has 2 heterocycles. The fraction of sp³-hybridized carbons (Fsp3) is 0.667. The zero-order valence-electron chi connectivity index (χ0n) is 9.08. The van der Waals surface area contributed by atoms with Crippen molar-refractivity contribution in [3.63, 3.8) is 0 Å². The summed E-state index contributed by atoms with van der Waals surface area (Å²) in [5, 5.41) is 11.2. The predicted molar refractivity (Wildman–Crippen MR) is 65.0 cm³/mol. The van der Waals surface area contributed by atoms with E-state index >= 15 is 0 Å². The monoisotopic (exact) mass is 276 g/mol. The average molecular weight is 276 g/mol. The second kappa shape index (κ2) is 4.77. The van der Waals surface area contributed by atoms with Crippen molar-refractivity contribution in [2.24, 2.45) is 0 Å². The molecule has 2 saturated heterocycles. The van der Waals surface area contributed by atoms with Crippen LogP contribution < -0.4 is 5.32 Å². The Morgan fingerprint density at radius 1 is 1.47 bits per heavy atom. The molecule has 3 unspecified atom stereocenters. The van der Waals surface area contributed by atoms with Gasteiger partial charge in [-0.15, -0.1) is 11.8 Å². The number of hydrogen-bond acceptors (Lipinski definition) is 5. The highest BCUT2D eigenvalue weighted by molar-refractivity contribution is 8.14. The number of carbonyl (C=O) groups excluding carboxylic acids is 2. The van der Waals surface area contributed by atoms with Crippen molar-refractivity contribution >= 4 is 40.6 Å². The van der Waals surface area contributed by atoms with Gasteiger partial charge in [0.1, 0.15) is 12.1 Å². The molecule has 2 rings (SSSR count). The van der Waals surface area contributed by atoms with E-state index in [9.17, 15) is 14.4 Å². The fourth-order valence-electron chi connectivity index (χ4n) is 1.87. The van der Waals surface area contributed by atoms with Crippen molar-refractivity contribution in [2.75, 3.05) is 11.5 Å². The molecule has 2 amide bonds. The van der Waals surface area contributed by atoms with Crippen LogP contribution >= 0.6 is 23.5 Å². The van der Waals surface area contributed by atoms with E-state index in [0.29, 0.717) is 11.5 Å². The van der Waals surface area contributed by atoms with Gasteiger partial charge < -0.3 is 15.3 Å². The Morgan fingerprint density at radius 2 is 2.18 bits per heavy atom. The maximum Gasteiger partial charge on any atom is 0.327 e. The highest BCUT2D eigenvalue weighted by Gasteiger charge is 2.43. The summed E-state index contributed by atoms with van der Waals surface area (Å²) in [4.78, 5) is 35.6. The van der Waals surface area contributed by atoms with Gasteiger partial charge in [0, 0.05) is 11.5 Å². The van der Waals surface area contributed by atoms with Crippen LogP contribution in [0.4, 0.5) is 4.79 Å². The van der Waals surface area contributed by atoms with Crippen molar-refractivity contribution in [3.8, 4) is 0 Å². The summed E-state index contributed by atoms with van der Waals surface area (Å²) in [5.41, 5.74) is 0. The largest absolute Gasteiger partial charge is 0.480 e. The van der Waals surface area contributed by atoms with E-state index in [1.165, 1.54) is 16.7 Å². The Balaban J connectivity index is 2.11. The van der Waals surface area contributed by atoms with E-state index in [1.54, 1.807) is 6.92 Å². The first kappa shape index (κ1) is 12.6. The molecular weight excluding hydrogens is 264 g/mol. The number of thioether (sulfide) groups is 2. The second-order valence-corrected chi connectivity index (χ2v) is 6.17. The van der Waals surface area contributed by atoms with Gasteiger partial charge in [-0.2, -0.15) is 0 Å². The molecule has 3 atom stereocenters. The summed E-state index contributed by atoms with van der Waals surface area (Å²) in [7, 11) is 0. The lowest BCUT2D eigenvalue weighted by atomic mass is 10.2. The Kier molecular flexibility index (Phi) is 3.53. The van der Waals surface area contributed by atoms with Gasteiger partial charge in [-0.1, -0.05) is 11.8 Å². The van der Waals surface area contributed by atoms with E-state index in [1.807, 2.05) is 0 Å². The molecule has 0 aromatic heterocycles. The van der Waals surface area contributed by atoms with Crippen LogP contribution in [0.25, 0.3) is 0 Å². The molecule has 8 heteroatoms. The maximum atomic E-state index is 12.1. The smallest absolute Gasteiger partial charge is 0.327 e. The Bertz CT molecular complexity index is 376. The molecule has 0 bridgehead atoms. The van der Waals surface area contributed by atoms with Crippen molar-refractivity contribution in [1.29, 1.82) is 0 Å². The van der Waals surface area contributed by atoms with Crippen LogP contribution in [0.3, 0.4) is 0 Å². The van der Waals surface area contributed by atoms with Crippen molar-refractivity contribution in [3.05, 3.63) is 0 Å². The molecule has 17 heavy (non-hydrogen) atoms. The predicted octanol–water partition coefficient (Wildman–Crippen LogP) is 0.186. The molecule has 2 fully saturated rings. The van der Waals surface area contributed by atoms with Crippen LogP contribution in [0.5, 0.6) is 0 Å². The molecule has 2 N–H and O–H groups in total. The highest BCUT2D eigenvalue weighted by Crippen LogP contribution is 2.30. The zero-order valence-corrected chi connectivity index (χ0v) is 10.7. The van der Waals surface area contributed by atoms with E-state index in [-0.39, 0.29) is 16.5 Å². The number of nitrogens with one attached hydrogen (secondary N) is 1. The van der Waals surface area contributed by atoms with Crippen LogP contribution in [0.1, 0.15) is 6.92 Å². The standard InChI is InChI=1S/C9H12N2O4S2/c1-4-11(6(3-16-4)8(13)14)7(12)5-2-17-9(15)10-5/h4-6H,2-3H2,1H3,(H,10,15)(H,13,14). The molecule has 0 spiro atoms. The molecule has 2 aliphatic rings. The van der Waals surface area contributed by atoms with Gasteiger partial charge in [0.15, 0.2) is 0 Å². The number of carboxylic acids is 1. The molecule has 2 aliphatic heterocycles. The van der Waals surface area contributed by atoms with Gasteiger partial charge in [0.05, 0.1) is 5.37 Å². The van der Waals surface area contributed by atoms with Gasteiger partial charge in [-0.05, 0) is 6.92 Å². The maximum absolute atomic E-state index is 12.1. The fourth-order valence-corrected chi connectivity index (χ4v) is 3.81. The lowest BCUT2D eigenvalue weighted by molar-refractivity contribution is -0.149. The molecule has 0 aromatic rings. The van der Waals surface area contributed by atoms with Crippen LogP contribution in [-0.4, -0.2) is 56.1 Å².